The number of pyridine rings is 1. The zero-order valence-corrected chi connectivity index (χ0v) is 22.1. The molecule has 0 bridgehead atoms. The largest absolute Gasteiger partial charge is 0.490 e. The quantitative estimate of drug-likeness (QED) is 0.440. The Morgan fingerprint density at radius 2 is 1.57 bits per heavy atom. The van der Waals surface area contributed by atoms with Crippen LogP contribution in [0.5, 0.6) is 0 Å². The highest BCUT2D eigenvalue weighted by Gasteiger charge is 2.56. The van der Waals surface area contributed by atoms with Crippen LogP contribution in [0.1, 0.15) is 17.9 Å². The van der Waals surface area contributed by atoms with E-state index in [-0.39, 0.29) is 36.5 Å². The van der Waals surface area contributed by atoms with E-state index in [9.17, 15) is 27.6 Å². The normalized spacial score (nSPS) is 21.3. The summed E-state index contributed by atoms with van der Waals surface area (Å²) in [5, 5.41) is 10.1. The summed E-state index contributed by atoms with van der Waals surface area (Å²) in [7, 11) is 0. The molecule has 2 aromatic carbocycles. The number of aliphatic carboxylic acids is 1. The molecule has 3 atom stereocenters. The van der Waals surface area contributed by atoms with Gasteiger partial charge in [0.2, 0.25) is 0 Å². The molecule has 0 radical (unpaired) electrons. The number of carbonyl (C=O) groups is 4. The van der Waals surface area contributed by atoms with Crippen molar-refractivity contribution in [2.75, 3.05) is 25.0 Å². The maximum absolute atomic E-state index is 13.3. The van der Waals surface area contributed by atoms with E-state index < -0.39 is 18.2 Å². The summed E-state index contributed by atoms with van der Waals surface area (Å²) < 4.78 is 31.7. The minimum atomic E-state index is -5.08. The van der Waals surface area contributed by atoms with Crippen LogP contribution in [0.3, 0.4) is 0 Å². The second kappa shape index (κ2) is 11.5. The van der Waals surface area contributed by atoms with Crippen molar-refractivity contribution in [2.45, 2.75) is 30.6 Å². The number of hydrogen-bond donors (Lipinski definition) is 2. The Kier molecular flexibility index (Phi) is 7.83. The molecule has 42 heavy (non-hydrogen) atoms. The molecule has 0 spiro atoms. The molecule has 3 fully saturated rings. The fraction of sp³-hybridized carbons (Fsp3) is 0.276. The van der Waals surface area contributed by atoms with Gasteiger partial charge in [0.25, 0.3) is 5.91 Å². The number of carboxylic acids is 1. The molecule has 3 aliphatic rings. The first-order chi connectivity index (χ1) is 20.1. The molecule has 0 unspecified atom stereocenters. The van der Waals surface area contributed by atoms with Gasteiger partial charge in [-0.05, 0) is 24.1 Å². The van der Waals surface area contributed by atoms with Crippen molar-refractivity contribution < 1.29 is 37.5 Å². The van der Waals surface area contributed by atoms with Crippen LogP contribution in [0.15, 0.2) is 79.0 Å². The second-order valence-electron chi connectivity index (χ2n) is 9.96. The van der Waals surface area contributed by atoms with Crippen molar-refractivity contribution in [2.24, 2.45) is 0 Å². The summed E-state index contributed by atoms with van der Waals surface area (Å²) in [5.41, 5.74) is 3.33. The number of carboxylic acid groups (broad SMARTS) is 1. The molecule has 3 aromatic rings. The number of benzene rings is 2. The maximum Gasteiger partial charge on any atom is 0.490 e. The highest BCUT2D eigenvalue weighted by Crippen LogP contribution is 2.46. The van der Waals surface area contributed by atoms with E-state index in [4.69, 9.17) is 9.90 Å². The molecule has 1 aliphatic carbocycles. The fourth-order valence-corrected chi connectivity index (χ4v) is 5.16. The topological polar surface area (TPSA) is 123 Å². The maximum atomic E-state index is 13.3. The number of rotatable bonds is 4. The average molecular weight is 582 g/mol. The molecule has 5 amide bonds. The minimum absolute atomic E-state index is 0.103. The second-order valence-corrected chi connectivity index (χ2v) is 9.96. The number of hydrogen-bond acceptors (Lipinski definition) is 5. The minimum Gasteiger partial charge on any atom is -0.475 e. The average Bonchev–Trinajstić information content (AvgIpc) is 3.73. The van der Waals surface area contributed by atoms with Crippen LogP contribution in [-0.2, 0) is 9.59 Å². The number of imide groups is 1. The molecule has 1 saturated carbocycles. The molecule has 3 heterocycles. The summed E-state index contributed by atoms with van der Waals surface area (Å²) in [6.07, 6.45) is -2.61. The van der Waals surface area contributed by atoms with Gasteiger partial charge in [-0.1, -0.05) is 60.7 Å². The van der Waals surface area contributed by atoms with Crippen LogP contribution in [-0.4, -0.2) is 86.6 Å². The molecule has 2 N–H and O–H groups in total. The molecular formula is C29H26F3N5O5. The van der Waals surface area contributed by atoms with E-state index in [1.165, 1.54) is 4.90 Å². The van der Waals surface area contributed by atoms with Crippen molar-refractivity contribution >= 4 is 29.6 Å². The zero-order valence-electron chi connectivity index (χ0n) is 22.1. The smallest absolute Gasteiger partial charge is 0.475 e. The molecule has 218 valence electrons. The Labute approximate surface area is 238 Å². The van der Waals surface area contributed by atoms with Gasteiger partial charge in [-0.3, -0.25) is 14.7 Å². The number of amides is 5. The highest BCUT2D eigenvalue weighted by molar-refractivity contribution is 6.06. The third-order valence-corrected chi connectivity index (χ3v) is 7.30. The lowest BCUT2D eigenvalue weighted by molar-refractivity contribution is -0.192. The lowest BCUT2D eigenvalue weighted by atomic mass is 10.1. The SMILES string of the molecule is O=C(Nc1cccnc1-c1ccccc1)N1CCN2C(=O)N([C@H]3C[C@@H]3c3ccccc3)C(=O)[C@@H]2C1.O=C(O)C(F)(F)F. The zero-order chi connectivity index (χ0) is 30.0. The van der Waals surface area contributed by atoms with Crippen LogP contribution >= 0.6 is 0 Å². The van der Waals surface area contributed by atoms with E-state index in [1.54, 1.807) is 22.1 Å². The highest BCUT2D eigenvalue weighted by atomic mass is 19.4. The first-order valence-corrected chi connectivity index (χ1v) is 13.1. The van der Waals surface area contributed by atoms with Gasteiger partial charge in [0.1, 0.15) is 6.04 Å². The lowest BCUT2D eigenvalue weighted by Gasteiger charge is -2.35. The number of urea groups is 2. The standard InChI is InChI=1S/C27H25N5O3.C2HF3O2/c33-25-23-17-30(26(34)29-21-12-7-13-28-24(21)19-10-5-2-6-11-19)14-15-31(23)27(35)32(25)22-16-20(22)18-8-3-1-4-9-18;3-2(4,5)1(6)7/h1-13,20,22-23H,14-17H2,(H,29,34);(H,6,7)/t20-,22+,23+;/m1./s1. The van der Waals surface area contributed by atoms with Crippen LogP contribution < -0.4 is 5.32 Å². The van der Waals surface area contributed by atoms with Crippen molar-refractivity contribution in [3.8, 4) is 11.3 Å². The number of nitrogens with one attached hydrogen (secondary N) is 1. The lowest BCUT2D eigenvalue weighted by Crippen LogP contribution is -2.55. The summed E-state index contributed by atoms with van der Waals surface area (Å²) in [5.74, 6) is -2.78. The summed E-state index contributed by atoms with van der Waals surface area (Å²) >= 11 is 0. The number of nitrogens with zero attached hydrogens (tertiary/aromatic N) is 4. The van der Waals surface area contributed by atoms with Gasteiger partial charge in [-0.2, -0.15) is 13.2 Å². The number of piperazine rings is 1. The van der Waals surface area contributed by atoms with Crippen LogP contribution in [0.25, 0.3) is 11.3 Å². The van der Waals surface area contributed by atoms with Gasteiger partial charge in [-0.15, -0.1) is 0 Å². The predicted octanol–water partition coefficient (Wildman–Crippen LogP) is 4.42. The Balaban J connectivity index is 0.000000451. The van der Waals surface area contributed by atoms with Crippen LogP contribution in [0, 0.1) is 0 Å². The number of fused-ring (bicyclic) bond motifs is 1. The summed E-state index contributed by atoms with van der Waals surface area (Å²) in [6, 6.07) is 21.9. The van der Waals surface area contributed by atoms with Crippen LogP contribution in [0.2, 0.25) is 0 Å². The Hall–Kier alpha value is -4.94. The molecule has 6 rings (SSSR count). The first-order valence-electron chi connectivity index (χ1n) is 13.1. The summed E-state index contributed by atoms with van der Waals surface area (Å²) in [4.78, 5) is 57.5. The molecule has 1 aromatic heterocycles. The van der Waals surface area contributed by atoms with Gasteiger partial charge >= 0.3 is 24.2 Å². The fourth-order valence-electron chi connectivity index (χ4n) is 5.16. The first kappa shape index (κ1) is 28.6. The Bertz CT molecular complexity index is 1490. The number of carbonyl (C=O) groups excluding carboxylic acids is 3. The van der Waals surface area contributed by atoms with E-state index in [0.29, 0.717) is 24.5 Å². The molecule has 13 heteroatoms. The monoisotopic (exact) mass is 581 g/mol. The van der Waals surface area contributed by atoms with Crippen molar-refractivity contribution in [1.29, 1.82) is 0 Å². The van der Waals surface area contributed by atoms with Crippen molar-refractivity contribution in [3.05, 3.63) is 84.6 Å². The third-order valence-electron chi connectivity index (χ3n) is 7.30. The number of halogens is 3. The van der Waals surface area contributed by atoms with Gasteiger partial charge in [0, 0.05) is 36.8 Å². The number of aromatic nitrogens is 1. The van der Waals surface area contributed by atoms with Gasteiger partial charge < -0.3 is 20.2 Å². The van der Waals surface area contributed by atoms with E-state index in [1.807, 2.05) is 66.7 Å². The predicted molar refractivity (Wildman–Crippen MR) is 144 cm³/mol. The number of alkyl halides is 3. The Morgan fingerprint density at radius 1 is 0.929 bits per heavy atom. The molecule has 10 nitrogen and oxygen atoms in total. The van der Waals surface area contributed by atoms with Crippen molar-refractivity contribution in [3.63, 3.8) is 0 Å². The van der Waals surface area contributed by atoms with Crippen molar-refractivity contribution in [1.82, 2.24) is 19.7 Å². The molecular weight excluding hydrogens is 555 g/mol. The third kappa shape index (κ3) is 5.90. The molecule has 2 saturated heterocycles. The van der Waals surface area contributed by atoms with Gasteiger partial charge in [-0.25, -0.2) is 14.4 Å². The van der Waals surface area contributed by atoms with Crippen LogP contribution in [0.4, 0.5) is 28.4 Å². The van der Waals surface area contributed by atoms with Gasteiger partial charge in [0.15, 0.2) is 0 Å². The molecule has 2 aliphatic heterocycles. The van der Waals surface area contributed by atoms with E-state index in [0.717, 1.165) is 17.5 Å². The number of anilines is 1. The Morgan fingerprint density at radius 3 is 2.21 bits per heavy atom. The van der Waals surface area contributed by atoms with E-state index in [2.05, 4.69) is 10.3 Å². The van der Waals surface area contributed by atoms with Gasteiger partial charge in [0.05, 0.1) is 17.9 Å². The summed E-state index contributed by atoms with van der Waals surface area (Å²) in [6.45, 7) is 0.875. The van der Waals surface area contributed by atoms with E-state index >= 15 is 0 Å².